The molecule has 1 fully saturated rings. The number of unbranched alkanes of at least 4 members (excludes halogenated alkanes) is 1. The minimum atomic E-state index is -0.574. The standard InChI is InChI=1S/C23H32FN5O3/c1-4-5-12-30-20-7-6-18(21(24)13-20)14-29(15-19-16-31-17(2)25-19)22-26-23(32-27-22)8-10-28(3)11-9-23/h6-7,13,16H,4-5,8-12,14-15H2,1-3H3,(H,26,27). The molecule has 1 spiro atoms. The molecule has 2 aliphatic heterocycles. The van der Waals surface area contributed by atoms with E-state index in [0.717, 1.165) is 44.5 Å². The summed E-state index contributed by atoms with van der Waals surface area (Å²) in [5.41, 5.74) is 3.71. The van der Waals surface area contributed by atoms with Gasteiger partial charge >= 0.3 is 0 Å². The van der Waals surface area contributed by atoms with Gasteiger partial charge in [0, 0.05) is 51.0 Å². The highest BCUT2D eigenvalue weighted by molar-refractivity contribution is 5.80. The van der Waals surface area contributed by atoms with E-state index in [1.165, 1.54) is 6.07 Å². The summed E-state index contributed by atoms with van der Waals surface area (Å²) in [7, 11) is 2.09. The van der Waals surface area contributed by atoms with E-state index in [2.05, 4.69) is 29.3 Å². The van der Waals surface area contributed by atoms with Crippen LogP contribution in [-0.4, -0.2) is 53.2 Å². The monoisotopic (exact) mass is 445 g/mol. The van der Waals surface area contributed by atoms with Crippen LogP contribution in [0.25, 0.3) is 0 Å². The van der Waals surface area contributed by atoms with Gasteiger partial charge in [-0.3, -0.25) is 0 Å². The van der Waals surface area contributed by atoms with E-state index in [4.69, 9.17) is 19.0 Å². The third kappa shape index (κ3) is 5.39. The third-order valence-corrected chi connectivity index (χ3v) is 5.88. The molecular weight excluding hydrogens is 413 g/mol. The lowest BCUT2D eigenvalue weighted by Gasteiger charge is -2.33. The van der Waals surface area contributed by atoms with Gasteiger partial charge in [0.1, 0.15) is 17.8 Å². The predicted molar refractivity (Wildman–Crippen MR) is 118 cm³/mol. The Bertz CT molecular complexity index is 939. The molecular formula is C23H32FN5O3. The maximum atomic E-state index is 14.9. The average molecular weight is 446 g/mol. The van der Waals surface area contributed by atoms with Gasteiger partial charge in [0.25, 0.3) is 0 Å². The minimum Gasteiger partial charge on any atom is -0.493 e. The van der Waals surface area contributed by atoms with Crippen LogP contribution in [0.2, 0.25) is 0 Å². The number of guanidine groups is 1. The molecule has 0 unspecified atom stereocenters. The maximum absolute atomic E-state index is 14.9. The first-order valence-corrected chi connectivity index (χ1v) is 11.3. The van der Waals surface area contributed by atoms with Crippen molar-refractivity contribution in [2.24, 2.45) is 4.99 Å². The zero-order valence-electron chi connectivity index (χ0n) is 19.1. The van der Waals surface area contributed by atoms with Crippen molar-refractivity contribution in [1.82, 2.24) is 20.3 Å². The molecule has 0 bridgehead atoms. The van der Waals surface area contributed by atoms with E-state index >= 15 is 0 Å². The van der Waals surface area contributed by atoms with Gasteiger partial charge in [-0.2, -0.15) is 0 Å². The van der Waals surface area contributed by atoms with Gasteiger partial charge in [0.15, 0.2) is 11.6 Å². The first kappa shape index (κ1) is 22.5. The average Bonchev–Trinajstić information content (AvgIpc) is 3.38. The number of oxazole rings is 1. The van der Waals surface area contributed by atoms with Crippen LogP contribution in [0.1, 0.15) is 49.8 Å². The number of hydroxylamine groups is 1. The Morgan fingerprint density at radius 3 is 2.78 bits per heavy atom. The number of benzene rings is 1. The molecule has 174 valence electrons. The molecule has 4 rings (SSSR count). The van der Waals surface area contributed by atoms with Crippen molar-refractivity contribution in [2.45, 2.75) is 58.3 Å². The van der Waals surface area contributed by atoms with E-state index in [-0.39, 0.29) is 5.82 Å². The van der Waals surface area contributed by atoms with Gasteiger partial charge in [-0.25, -0.2) is 24.7 Å². The first-order chi connectivity index (χ1) is 15.5. The van der Waals surface area contributed by atoms with E-state index < -0.39 is 5.72 Å². The van der Waals surface area contributed by atoms with Crippen LogP contribution in [0.3, 0.4) is 0 Å². The smallest absolute Gasteiger partial charge is 0.222 e. The predicted octanol–water partition coefficient (Wildman–Crippen LogP) is 3.62. The highest BCUT2D eigenvalue weighted by Crippen LogP contribution is 2.31. The number of rotatable bonds is 8. The second-order valence-corrected chi connectivity index (χ2v) is 8.56. The topological polar surface area (TPSA) is 75.4 Å². The maximum Gasteiger partial charge on any atom is 0.222 e. The van der Waals surface area contributed by atoms with Crippen molar-refractivity contribution in [3.05, 3.63) is 47.4 Å². The van der Waals surface area contributed by atoms with Crippen molar-refractivity contribution in [3.63, 3.8) is 0 Å². The summed E-state index contributed by atoms with van der Waals surface area (Å²) < 4.78 is 25.9. The number of likely N-dealkylation sites (tertiary alicyclic amines) is 1. The van der Waals surface area contributed by atoms with Crippen LogP contribution < -0.4 is 10.2 Å². The summed E-state index contributed by atoms with van der Waals surface area (Å²) in [6.45, 7) is 7.02. The number of aromatic nitrogens is 1. The molecule has 0 amide bonds. The highest BCUT2D eigenvalue weighted by atomic mass is 19.1. The van der Waals surface area contributed by atoms with Crippen molar-refractivity contribution >= 4 is 5.96 Å². The number of aryl methyl sites for hydroxylation is 1. The summed E-state index contributed by atoms with van der Waals surface area (Å²) in [6.07, 6.45) is 5.19. The molecule has 1 aromatic heterocycles. The fraction of sp³-hybridized carbons (Fsp3) is 0.565. The van der Waals surface area contributed by atoms with Crippen molar-refractivity contribution < 1.29 is 18.4 Å². The fourth-order valence-corrected chi connectivity index (χ4v) is 3.86. The van der Waals surface area contributed by atoms with Crippen LogP contribution in [0.4, 0.5) is 4.39 Å². The number of hydrogen-bond acceptors (Lipinski definition) is 8. The van der Waals surface area contributed by atoms with Gasteiger partial charge in [-0.05, 0) is 19.5 Å². The zero-order chi connectivity index (χ0) is 22.6. The number of hydrogen-bond donors (Lipinski definition) is 1. The lowest BCUT2D eigenvalue weighted by atomic mass is 10.0. The molecule has 1 N–H and O–H groups in total. The largest absolute Gasteiger partial charge is 0.493 e. The first-order valence-electron chi connectivity index (χ1n) is 11.3. The number of nitrogens with one attached hydrogen (secondary N) is 1. The normalized spacial score (nSPS) is 17.9. The summed E-state index contributed by atoms with van der Waals surface area (Å²) in [4.78, 5) is 19.4. The van der Waals surface area contributed by atoms with Crippen molar-refractivity contribution in [3.8, 4) is 5.75 Å². The van der Waals surface area contributed by atoms with Crippen LogP contribution in [0.5, 0.6) is 5.75 Å². The molecule has 32 heavy (non-hydrogen) atoms. The zero-order valence-corrected chi connectivity index (χ0v) is 19.1. The minimum absolute atomic E-state index is 0.304. The number of nitrogens with zero attached hydrogens (tertiary/aromatic N) is 4. The Hall–Kier alpha value is -2.65. The summed E-state index contributed by atoms with van der Waals surface area (Å²) in [5.74, 6) is 1.40. The number of piperidine rings is 1. The molecule has 9 heteroatoms. The molecule has 2 aromatic rings. The van der Waals surface area contributed by atoms with Gasteiger partial charge in [0.2, 0.25) is 5.96 Å². The van der Waals surface area contributed by atoms with Gasteiger partial charge < -0.3 is 19.0 Å². The second-order valence-electron chi connectivity index (χ2n) is 8.56. The van der Waals surface area contributed by atoms with E-state index in [9.17, 15) is 4.39 Å². The van der Waals surface area contributed by atoms with Gasteiger partial charge in [0.05, 0.1) is 18.8 Å². The Labute approximate surface area is 188 Å². The van der Waals surface area contributed by atoms with Crippen molar-refractivity contribution in [2.75, 3.05) is 26.7 Å². The van der Waals surface area contributed by atoms with Gasteiger partial charge in [-0.1, -0.05) is 19.4 Å². The summed E-state index contributed by atoms with van der Waals surface area (Å²) in [6, 6.07) is 5.02. The molecule has 0 saturated carbocycles. The lowest BCUT2D eigenvalue weighted by Crippen LogP contribution is -2.43. The summed E-state index contributed by atoms with van der Waals surface area (Å²) in [5, 5.41) is 0. The molecule has 0 radical (unpaired) electrons. The quantitative estimate of drug-likeness (QED) is 0.622. The molecule has 0 aliphatic carbocycles. The van der Waals surface area contributed by atoms with E-state index in [1.807, 2.05) is 11.0 Å². The second kappa shape index (κ2) is 9.87. The molecule has 3 heterocycles. The molecule has 1 saturated heterocycles. The number of aliphatic imine (C=N–C) groups is 1. The summed E-state index contributed by atoms with van der Waals surface area (Å²) >= 11 is 0. The van der Waals surface area contributed by atoms with Crippen LogP contribution >= 0.6 is 0 Å². The molecule has 1 aromatic carbocycles. The van der Waals surface area contributed by atoms with Crippen LogP contribution in [0, 0.1) is 12.7 Å². The van der Waals surface area contributed by atoms with Crippen molar-refractivity contribution in [1.29, 1.82) is 0 Å². The van der Waals surface area contributed by atoms with E-state index in [1.54, 1.807) is 19.3 Å². The number of halogens is 1. The molecule has 2 aliphatic rings. The van der Waals surface area contributed by atoms with Crippen LogP contribution in [-0.2, 0) is 17.9 Å². The van der Waals surface area contributed by atoms with Crippen LogP contribution in [0.15, 0.2) is 33.9 Å². The molecule has 0 atom stereocenters. The third-order valence-electron chi connectivity index (χ3n) is 5.88. The Balaban J connectivity index is 1.52. The number of ether oxygens (including phenoxy) is 1. The van der Waals surface area contributed by atoms with E-state index in [0.29, 0.717) is 42.9 Å². The Morgan fingerprint density at radius 2 is 2.09 bits per heavy atom. The molecule has 8 nitrogen and oxygen atoms in total. The lowest BCUT2D eigenvalue weighted by molar-refractivity contribution is -0.0875. The Kier molecular flexibility index (Phi) is 6.95. The fourth-order valence-electron chi connectivity index (χ4n) is 3.86. The SMILES string of the molecule is CCCCOc1ccc(CN(Cc2coc(C)n2)C2=NC3(CCN(C)CC3)ON2)c(F)c1. The van der Waals surface area contributed by atoms with Gasteiger partial charge in [-0.15, -0.1) is 0 Å². The highest BCUT2D eigenvalue weighted by Gasteiger charge is 2.41. The Morgan fingerprint density at radius 1 is 1.28 bits per heavy atom.